The monoisotopic (exact) mass is 291 g/mol. The first-order chi connectivity index (χ1) is 9.40. The van der Waals surface area contributed by atoms with Gasteiger partial charge in [0.25, 0.3) is 10.0 Å². The number of aromatic carboxylic acids is 1. The smallest absolute Gasteiger partial charge is 0.261 e. The summed E-state index contributed by atoms with van der Waals surface area (Å²) in [7, 11) is -3.88. The molecule has 0 radical (unpaired) electrons. The summed E-state index contributed by atoms with van der Waals surface area (Å²) in [5.74, 6) is -1.46. The molecule has 2 aromatic carbocycles. The van der Waals surface area contributed by atoms with Crippen molar-refractivity contribution in [2.24, 2.45) is 0 Å². The van der Waals surface area contributed by atoms with Crippen LogP contribution in [-0.4, -0.2) is 14.4 Å². The number of nitrogens with one attached hydrogen (secondary N) is 1. The van der Waals surface area contributed by atoms with E-state index in [1.54, 1.807) is 0 Å². The van der Waals surface area contributed by atoms with Gasteiger partial charge in [0.1, 0.15) is 0 Å². The number of carbonyl (C=O) groups excluding carboxylic acids is 1. The molecule has 6 nitrogen and oxygen atoms in total. The van der Waals surface area contributed by atoms with E-state index in [0.29, 0.717) is 5.69 Å². The van der Waals surface area contributed by atoms with E-state index in [1.807, 2.05) is 0 Å². The summed E-state index contributed by atoms with van der Waals surface area (Å²) in [6, 6.07) is 11.2. The zero-order chi connectivity index (χ0) is 14.8. The summed E-state index contributed by atoms with van der Waals surface area (Å²) in [5, 5.41) is 10.9. The van der Waals surface area contributed by atoms with Crippen LogP contribution in [0.3, 0.4) is 0 Å². The van der Waals surface area contributed by atoms with Gasteiger partial charge in [-0.2, -0.15) is 0 Å². The molecule has 0 aromatic heterocycles. The average molecular weight is 291 g/mol. The minimum Gasteiger partial charge on any atom is -0.545 e. The Labute approximate surface area is 115 Å². The number of rotatable bonds is 4. The molecule has 0 amide bonds. The highest BCUT2D eigenvalue weighted by Gasteiger charge is 2.15. The third-order valence-corrected chi connectivity index (χ3v) is 3.96. The van der Waals surface area contributed by atoms with Crippen molar-refractivity contribution >= 4 is 27.4 Å². The Balaban J connectivity index is 2.38. The van der Waals surface area contributed by atoms with Gasteiger partial charge in [0.05, 0.1) is 16.6 Å². The lowest BCUT2D eigenvalue weighted by Crippen LogP contribution is -2.24. The van der Waals surface area contributed by atoms with Gasteiger partial charge < -0.3 is 15.6 Å². The number of hydrogen-bond donors (Lipinski definition) is 2. The Hall–Kier alpha value is -2.54. The molecule has 0 saturated carbocycles. The number of benzene rings is 2. The predicted molar refractivity (Wildman–Crippen MR) is 72.4 cm³/mol. The lowest BCUT2D eigenvalue weighted by atomic mass is 10.2. The Morgan fingerprint density at radius 2 is 1.65 bits per heavy atom. The quantitative estimate of drug-likeness (QED) is 0.793. The van der Waals surface area contributed by atoms with Gasteiger partial charge in [-0.25, -0.2) is 8.42 Å². The van der Waals surface area contributed by atoms with Crippen LogP contribution < -0.4 is 15.6 Å². The van der Waals surface area contributed by atoms with E-state index in [2.05, 4.69) is 4.72 Å². The molecule has 2 aromatic rings. The molecule has 0 aliphatic rings. The molecule has 0 spiro atoms. The number of carboxylic acid groups (broad SMARTS) is 1. The van der Waals surface area contributed by atoms with Crippen LogP contribution in [0.15, 0.2) is 53.4 Å². The Kier molecular flexibility index (Phi) is 3.62. The number of sulfonamides is 1. The van der Waals surface area contributed by atoms with Crippen LogP contribution in [0.5, 0.6) is 0 Å². The normalized spacial score (nSPS) is 11.0. The second-order valence-corrected chi connectivity index (χ2v) is 5.69. The van der Waals surface area contributed by atoms with Crippen molar-refractivity contribution in [3.05, 3.63) is 54.1 Å². The van der Waals surface area contributed by atoms with Gasteiger partial charge in [0.15, 0.2) is 0 Å². The van der Waals surface area contributed by atoms with Crippen LogP contribution in [-0.2, 0) is 10.0 Å². The summed E-state index contributed by atoms with van der Waals surface area (Å²) in [6.45, 7) is 0. The molecule has 2 rings (SSSR count). The number of carboxylic acids is 1. The van der Waals surface area contributed by atoms with Gasteiger partial charge >= 0.3 is 0 Å². The van der Waals surface area contributed by atoms with Crippen molar-refractivity contribution < 1.29 is 18.3 Å². The Morgan fingerprint density at radius 1 is 1.05 bits per heavy atom. The molecule has 0 heterocycles. The number of nitrogen functional groups attached to an aromatic ring is 1. The topological polar surface area (TPSA) is 112 Å². The van der Waals surface area contributed by atoms with Crippen molar-refractivity contribution in [1.82, 2.24) is 0 Å². The number of carbonyl (C=O) groups is 1. The van der Waals surface area contributed by atoms with E-state index >= 15 is 0 Å². The van der Waals surface area contributed by atoms with Crippen LogP contribution in [0.1, 0.15) is 10.4 Å². The molecular weight excluding hydrogens is 280 g/mol. The fourth-order valence-electron chi connectivity index (χ4n) is 1.60. The maximum Gasteiger partial charge on any atom is 0.261 e. The second kappa shape index (κ2) is 5.22. The summed E-state index contributed by atoms with van der Waals surface area (Å²) >= 11 is 0. The summed E-state index contributed by atoms with van der Waals surface area (Å²) in [5.41, 5.74) is 5.63. The molecule has 0 unspecified atom stereocenters. The highest BCUT2D eigenvalue weighted by Crippen LogP contribution is 2.20. The van der Waals surface area contributed by atoms with Crippen LogP contribution in [0.4, 0.5) is 11.4 Å². The number of hydrogen-bond acceptors (Lipinski definition) is 5. The minimum atomic E-state index is -3.88. The van der Waals surface area contributed by atoms with Crippen molar-refractivity contribution in [3.8, 4) is 0 Å². The predicted octanol–water partition coefficient (Wildman–Crippen LogP) is 0.433. The highest BCUT2D eigenvalue weighted by atomic mass is 32.2. The van der Waals surface area contributed by atoms with Crippen molar-refractivity contribution in [3.63, 3.8) is 0 Å². The molecule has 104 valence electrons. The SMILES string of the molecule is Nc1ccc(S(=O)(=O)Nc2ccccc2C(=O)[O-])cc1. The maximum absolute atomic E-state index is 12.1. The average Bonchev–Trinajstić information content (AvgIpc) is 2.39. The first-order valence-corrected chi connectivity index (χ1v) is 7.07. The van der Waals surface area contributed by atoms with Gasteiger partial charge in [-0.1, -0.05) is 18.2 Å². The van der Waals surface area contributed by atoms with Crippen LogP contribution in [0.25, 0.3) is 0 Å². The van der Waals surface area contributed by atoms with Gasteiger partial charge in [0.2, 0.25) is 0 Å². The molecule has 0 atom stereocenters. The first kappa shape index (κ1) is 13.9. The number of para-hydroxylation sites is 1. The van der Waals surface area contributed by atoms with Gasteiger partial charge in [-0.15, -0.1) is 0 Å². The molecular formula is C13H11N2O4S-. The van der Waals surface area contributed by atoms with E-state index in [-0.39, 0.29) is 16.1 Å². The maximum atomic E-state index is 12.1. The van der Waals surface area contributed by atoms with Crippen molar-refractivity contribution in [2.75, 3.05) is 10.5 Å². The van der Waals surface area contributed by atoms with E-state index in [1.165, 1.54) is 48.5 Å². The first-order valence-electron chi connectivity index (χ1n) is 5.59. The molecule has 0 bridgehead atoms. The molecule has 0 fully saturated rings. The zero-order valence-corrected chi connectivity index (χ0v) is 11.1. The van der Waals surface area contributed by atoms with Crippen LogP contribution >= 0.6 is 0 Å². The Bertz CT molecular complexity index is 739. The van der Waals surface area contributed by atoms with E-state index in [4.69, 9.17) is 5.73 Å². The summed E-state index contributed by atoms with van der Waals surface area (Å²) < 4.78 is 26.5. The second-order valence-electron chi connectivity index (χ2n) is 4.01. The molecule has 3 N–H and O–H groups in total. The Morgan fingerprint density at radius 3 is 2.25 bits per heavy atom. The summed E-state index contributed by atoms with van der Waals surface area (Å²) in [4.78, 5) is 10.9. The molecule has 20 heavy (non-hydrogen) atoms. The fourth-order valence-corrected chi connectivity index (χ4v) is 2.68. The van der Waals surface area contributed by atoms with Crippen molar-refractivity contribution in [1.29, 1.82) is 0 Å². The molecule has 0 aliphatic heterocycles. The summed E-state index contributed by atoms with van der Waals surface area (Å²) in [6.07, 6.45) is 0. The molecule has 7 heteroatoms. The van der Waals surface area contributed by atoms with E-state index in [0.717, 1.165) is 0 Å². The van der Waals surface area contributed by atoms with Crippen LogP contribution in [0.2, 0.25) is 0 Å². The number of anilines is 2. The fraction of sp³-hybridized carbons (Fsp3) is 0. The number of nitrogens with two attached hydrogens (primary N) is 1. The largest absolute Gasteiger partial charge is 0.545 e. The third kappa shape index (κ3) is 2.89. The van der Waals surface area contributed by atoms with Crippen molar-refractivity contribution in [2.45, 2.75) is 4.90 Å². The lowest BCUT2D eigenvalue weighted by Gasteiger charge is -2.13. The molecule has 0 aliphatic carbocycles. The standard InChI is InChI=1S/C13H12N2O4S/c14-9-5-7-10(8-6-9)20(18,19)15-12-4-2-1-3-11(12)13(16)17/h1-8,15H,14H2,(H,16,17)/p-1. The van der Waals surface area contributed by atoms with Gasteiger partial charge in [-0.05, 0) is 30.3 Å². The van der Waals surface area contributed by atoms with Gasteiger partial charge in [-0.3, -0.25) is 4.72 Å². The third-order valence-electron chi connectivity index (χ3n) is 2.58. The van der Waals surface area contributed by atoms with E-state index < -0.39 is 16.0 Å². The minimum absolute atomic E-state index is 0.0140. The molecule has 0 saturated heterocycles. The zero-order valence-electron chi connectivity index (χ0n) is 10.2. The van der Waals surface area contributed by atoms with E-state index in [9.17, 15) is 18.3 Å². The van der Waals surface area contributed by atoms with Gasteiger partial charge in [0, 0.05) is 11.3 Å². The highest BCUT2D eigenvalue weighted by molar-refractivity contribution is 7.92. The lowest BCUT2D eigenvalue weighted by molar-refractivity contribution is -0.254. The van der Waals surface area contributed by atoms with Crippen LogP contribution in [0, 0.1) is 0 Å².